The monoisotopic (exact) mass is 285 g/mol. The van der Waals surface area contributed by atoms with Crippen molar-refractivity contribution in [3.63, 3.8) is 0 Å². The third-order valence-corrected chi connectivity index (χ3v) is 3.36. The average molecular weight is 285 g/mol. The van der Waals surface area contributed by atoms with Crippen molar-refractivity contribution in [2.24, 2.45) is 11.7 Å². The molecule has 0 saturated heterocycles. The van der Waals surface area contributed by atoms with Crippen LogP contribution in [0.2, 0.25) is 0 Å². The molecule has 2 unspecified atom stereocenters. The molecule has 1 fully saturated rings. The van der Waals surface area contributed by atoms with Crippen LogP contribution in [-0.2, 0) is 4.79 Å². The number of anilines is 1. The number of hydrogen-bond donors (Lipinski definition) is 2. The van der Waals surface area contributed by atoms with Crippen molar-refractivity contribution in [2.75, 3.05) is 5.32 Å². The van der Waals surface area contributed by atoms with Gasteiger partial charge in [-0.2, -0.15) is 0 Å². The van der Waals surface area contributed by atoms with Crippen LogP contribution in [0.1, 0.15) is 19.3 Å². The lowest BCUT2D eigenvalue weighted by atomic mass is 10.1. The van der Waals surface area contributed by atoms with E-state index < -0.39 is 39.8 Å². The van der Waals surface area contributed by atoms with Gasteiger partial charge in [0.25, 0.3) is 5.69 Å². The van der Waals surface area contributed by atoms with Crippen molar-refractivity contribution in [3.05, 3.63) is 33.9 Å². The van der Waals surface area contributed by atoms with Gasteiger partial charge in [0.1, 0.15) is 0 Å². The highest BCUT2D eigenvalue weighted by atomic mass is 19.2. The Hall–Kier alpha value is -2.09. The molecule has 20 heavy (non-hydrogen) atoms. The second-order valence-corrected chi connectivity index (χ2v) is 4.77. The Morgan fingerprint density at radius 2 is 2.10 bits per heavy atom. The van der Waals surface area contributed by atoms with Crippen molar-refractivity contribution in [2.45, 2.75) is 25.3 Å². The smallest absolute Gasteiger partial charge is 0.296 e. The maximum atomic E-state index is 13.6. The predicted molar refractivity (Wildman–Crippen MR) is 67.0 cm³/mol. The van der Waals surface area contributed by atoms with Crippen LogP contribution >= 0.6 is 0 Å². The van der Waals surface area contributed by atoms with E-state index in [2.05, 4.69) is 5.32 Å². The molecule has 0 aromatic heterocycles. The first-order chi connectivity index (χ1) is 9.40. The minimum Gasteiger partial charge on any atom is -0.328 e. The van der Waals surface area contributed by atoms with Gasteiger partial charge in [0.2, 0.25) is 5.91 Å². The molecule has 0 spiro atoms. The predicted octanol–water partition coefficient (Wildman–Crippen LogP) is 1.94. The first-order valence-electron chi connectivity index (χ1n) is 6.09. The van der Waals surface area contributed by atoms with Crippen LogP contribution in [0, 0.1) is 27.7 Å². The van der Waals surface area contributed by atoms with Crippen LogP contribution in [0.25, 0.3) is 0 Å². The maximum absolute atomic E-state index is 13.6. The number of nitro groups is 1. The highest BCUT2D eigenvalue weighted by Crippen LogP contribution is 2.31. The van der Waals surface area contributed by atoms with Gasteiger partial charge in [0.05, 0.1) is 4.92 Å². The average Bonchev–Trinajstić information content (AvgIpc) is 2.81. The fourth-order valence-corrected chi connectivity index (χ4v) is 2.29. The molecule has 3 N–H and O–H groups in total. The van der Waals surface area contributed by atoms with Crippen LogP contribution in [0.5, 0.6) is 0 Å². The summed E-state index contributed by atoms with van der Waals surface area (Å²) in [6.45, 7) is 0. The van der Waals surface area contributed by atoms with Crippen molar-refractivity contribution in [3.8, 4) is 0 Å². The topological polar surface area (TPSA) is 98.3 Å². The van der Waals surface area contributed by atoms with Crippen LogP contribution in [0.15, 0.2) is 12.1 Å². The molecule has 0 bridgehead atoms. The number of carbonyl (C=O) groups excluding carboxylic acids is 1. The number of halogens is 2. The molecule has 1 saturated carbocycles. The highest BCUT2D eigenvalue weighted by molar-refractivity contribution is 5.95. The van der Waals surface area contributed by atoms with Gasteiger partial charge < -0.3 is 11.1 Å². The summed E-state index contributed by atoms with van der Waals surface area (Å²) in [4.78, 5) is 21.8. The molecule has 0 heterocycles. The van der Waals surface area contributed by atoms with Crippen molar-refractivity contribution < 1.29 is 18.5 Å². The molecule has 2 atom stereocenters. The summed E-state index contributed by atoms with van der Waals surface area (Å²) in [5.41, 5.74) is 4.25. The quantitative estimate of drug-likeness (QED) is 0.655. The van der Waals surface area contributed by atoms with Gasteiger partial charge in [-0.15, -0.1) is 0 Å². The lowest BCUT2D eigenvalue weighted by Gasteiger charge is -2.11. The largest absolute Gasteiger partial charge is 0.328 e. The van der Waals surface area contributed by atoms with Crippen molar-refractivity contribution in [1.82, 2.24) is 0 Å². The van der Waals surface area contributed by atoms with E-state index in [4.69, 9.17) is 5.73 Å². The first-order valence-corrected chi connectivity index (χ1v) is 6.09. The van der Waals surface area contributed by atoms with Gasteiger partial charge in [-0.3, -0.25) is 14.9 Å². The number of benzene rings is 1. The molecule has 108 valence electrons. The number of nitrogens with one attached hydrogen (secondary N) is 1. The van der Waals surface area contributed by atoms with E-state index >= 15 is 0 Å². The Labute approximate surface area is 113 Å². The second-order valence-electron chi connectivity index (χ2n) is 4.77. The van der Waals surface area contributed by atoms with E-state index in [0.29, 0.717) is 25.3 Å². The summed E-state index contributed by atoms with van der Waals surface area (Å²) in [5.74, 6) is -3.71. The van der Waals surface area contributed by atoms with Crippen LogP contribution in [0.3, 0.4) is 0 Å². The fourth-order valence-electron chi connectivity index (χ4n) is 2.29. The van der Waals surface area contributed by atoms with Gasteiger partial charge in [-0.25, -0.2) is 8.78 Å². The van der Waals surface area contributed by atoms with Gasteiger partial charge >= 0.3 is 0 Å². The zero-order valence-corrected chi connectivity index (χ0v) is 10.4. The zero-order valence-electron chi connectivity index (χ0n) is 10.4. The maximum Gasteiger partial charge on any atom is 0.296 e. The van der Waals surface area contributed by atoms with Gasteiger partial charge in [-0.1, -0.05) is 0 Å². The number of nitrogens with zero attached hydrogens (tertiary/aromatic N) is 1. The van der Waals surface area contributed by atoms with Crippen LogP contribution < -0.4 is 11.1 Å². The summed E-state index contributed by atoms with van der Waals surface area (Å²) < 4.78 is 26.8. The molecule has 1 amide bonds. The molecule has 1 aliphatic carbocycles. The molecular formula is C12H13F2N3O3. The number of hydrogen-bond acceptors (Lipinski definition) is 4. The summed E-state index contributed by atoms with van der Waals surface area (Å²) in [5, 5.41) is 12.9. The van der Waals surface area contributed by atoms with Gasteiger partial charge in [-0.05, 0) is 25.3 Å². The van der Waals surface area contributed by atoms with E-state index in [1.54, 1.807) is 0 Å². The molecule has 6 nitrogen and oxygen atoms in total. The lowest BCUT2D eigenvalue weighted by Crippen LogP contribution is -2.24. The van der Waals surface area contributed by atoms with E-state index in [-0.39, 0.29) is 6.04 Å². The molecule has 0 aliphatic heterocycles. The normalized spacial score (nSPS) is 21.8. The number of nitro benzene ring substituents is 1. The molecule has 1 aromatic carbocycles. The molecule has 2 rings (SSSR count). The van der Waals surface area contributed by atoms with E-state index in [1.165, 1.54) is 0 Å². The summed E-state index contributed by atoms with van der Waals surface area (Å²) >= 11 is 0. The molecule has 8 heteroatoms. The number of amides is 1. The Balaban J connectivity index is 2.26. The van der Waals surface area contributed by atoms with Gasteiger partial charge in [0, 0.05) is 18.0 Å². The number of carbonyl (C=O) groups is 1. The van der Waals surface area contributed by atoms with E-state index in [9.17, 15) is 23.7 Å². The molecule has 1 aromatic rings. The van der Waals surface area contributed by atoms with Crippen molar-refractivity contribution in [1.29, 1.82) is 0 Å². The zero-order chi connectivity index (χ0) is 14.9. The summed E-state index contributed by atoms with van der Waals surface area (Å²) in [6.07, 6.45) is 1.61. The van der Waals surface area contributed by atoms with Crippen molar-refractivity contribution >= 4 is 17.3 Å². The SMILES string of the molecule is NC1CCC(C(=O)Nc2c([N+](=O)[O-])ccc(F)c2F)C1. The van der Waals surface area contributed by atoms with E-state index in [1.807, 2.05) is 0 Å². The Morgan fingerprint density at radius 1 is 1.40 bits per heavy atom. The highest BCUT2D eigenvalue weighted by Gasteiger charge is 2.30. The first kappa shape index (κ1) is 14.3. The fraction of sp³-hybridized carbons (Fsp3) is 0.417. The Kier molecular flexibility index (Phi) is 3.93. The third kappa shape index (κ3) is 2.74. The van der Waals surface area contributed by atoms with Gasteiger partial charge in [0.15, 0.2) is 17.3 Å². The number of nitrogens with two attached hydrogens (primary N) is 1. The standard InChI is InChI=1S/C12H13F2N3O3/c13-8-3-4-9(17(19)20)11(10(8)14)16-12(18)6-1-2-7(15)5-6/h3-4,6-7H,1-2,5,15H2,(H,16,18). The van der Waals surface area contributed by atoms with Crippen LogP contribution in [-0.4, -0.2) is 16.9 Å². The lowest BCUT2D eigenvalue weighted by molar-refractivity contribution is -0.384. The van der Waals surface area contributed by atoms with E-state index in [0.717, 1.165) is 6.07 Å². The molecular weight excluding hydrogens is 272 g/mol. The second kappa shape index (κ2) is 5.49. The Morgan fingerprint density at radius 3 is 2.65 bits per heavy atom. The minimum atomic E-state index is -1.44. The van der Waals surface area contributed by atoms with Crippen LogP contribution in [0.4, 0.5) is 20.2 Å². The minimum absolute atomic E-state index is 0.113. The third-order valence-electron chi connectivity index (χ3n) is 3.36. The summed E-state index contributed by atoms with van der Waals surface area (Å²) in [7, 11) is 0. The summed E-state index contributed by atoms with van der Waals surface area (Å²) in [6, 6.07) is 1.35. The Bertz CT molecular complexity index is 565. The molecule has 1 aliphatic rings. The molecule has 0 radical (unpaired) electrons. The number of rotatable bonds is 3.